The van der Waals surface area contributed by atoms with Gasteiger partial charge in [-0.3, -0.25) is 0 Å². The third-order valence-electron chi connectivity index (χ3n) is 3.40. The number of benzene rings is 1. The van der Waals surface area contributed by atoms with Crippen LogP contribution in [0.4, 0.5) is 13.2 Å². The highest BCUT2D eigenvalue weighted by molar-refractivity contribution is 6.31. The number of hydrogen-bond donors (Lipinski definition) is 1. The van der Waals surface area contributed by atoms with Gasteiger partial charge in [0.05, 0.1) is 17.4 Å². The van der Waals surface area contributed by atoms with Gasteiger partial charge >= 0.3 is 6.18 Å². The van der Waals surface area contributed by atoms with Gasteiger partial charge in [-0.15, -0.1) is 0 Å². The van der Waals surface area contributed by atoms with Crippen molar-refractivity contribution in [3.05, 3.63) is 46.7 Å². The van der Waals surface area contributed by atoms with E-state index in [9.17, 15) is 13.2 Å². The Morgan fingerprint density at radius 1 is 1.33 bits per heavy atom. The Labute approximate surface area is 124 Å². The largest absolute Gasteiger partial charge is 0.419 e. The fourth-order valence-electron chi connectivity index (χ4n) is 2.07. The number of alkyl halides is 3. The van der Waals surface area contributed by atoms with E-state index < -0.39 is 11.7 Å². The Kier molecular flexibility index (Phi) is 3.67. The van der Waals surface area contributed by atoms with E-state index in [4.69, 9.17) is 11.6 Å². The summed E-state index contributed by atoms with van der Waals surface area (Å²) < 4.78 is 39.2. The maximum absolute atomic E-state index is 12.7. The second-order valence-electron chi connectivity index (χ2n) is 5.06. The van der Waals surface area contributed by atoms with Crippen LogP contribution in [0.5, 0.6) is 0 Å². The van der Waals surface area contributed by atoms with Gasteiger partial charge in [-0.1, -0.05) is 17.7 Å². The fourth-order valence-corrected chi connectivity index (χ4v) is 2.31. The van der Waals surface area contributed by atoms with Crippen molar-refractivity contribution in [3.8, 4) is 5.69 Å². The fraction of sp³-hybridized carbons (Fsp3) is 0.357. The first-order valence-corrected chi connectivity index (χ1v) is 6.96. The standard InChI is InChI=1S/C14H13ClF3N3/c15-12-2-1-3-13(11(12)7-19-10-4-5-10)21-8-9(6-20-21)14(16,17)18/h1-3,6,8,10,19H,4-5,7H2. The van der Waals surface area contributed by atoms with Crippen LogP contribution in [0.15, 0.2) is 30.6 Å². The lowest BCUT2D eigenvalue weighted by molar-refractivity contribution is -0.137. The predicted molar refractivity (Wildman–Crippen MR) is 73.4 cm³/mol. The Hall–Kier alpha value is -1.53. The molecule has 1 aliphatic carbocycles. The number of aromatic nitrogens is 2. The molecule has 0 radical (unpaired) electrons. The third-order valence-corrected chi connectivity index (χ3v) is 3.75. The molecule has 1 aliphatic rings. The second kappa shape index (κ2) is 5.35. The highest BCUT2D eigenvalue weighted by Gasteiger charge is 2.32. The van der Waals surface area contributed by atoms with Gasteiger partial charge in [-0.05, 0) is 25.0 Å². The average molecular weight is 316 g/mol. The molecule has 1 N–H and O–H groups in total. The molecule has 0 spiro atoms. The van der Waals surface area contributed by atoms with Crippen molar-refractivity contribution in [3.63, 3.8) is 0 Å². The lowest BCUT2D eigenvalue weighted by Crippen LogP contribution is -2.17. The Morgan fingerprint density at radius 2 is 2.10 bits per heavy atom. The van der Waals surface area contributed by atoms with Gasteiger partial charge in [0.15, 0.2) is 0 Å². The highest BCUT2D eigenvalue weighted by atomic mass is 35.5. The molecule has 1 saturated carbocycles. The summed E-state index contributed by atoms with van der Waals surface area (Å²) in [6.07, 6.45) is -0.353. The van der Waals surface area contributed by atoms with Crippen LogP contribution in [0, 0.1) is 0 Å². The van der Waals surface area contributed by atoms with Crippen LogP contribution in [0.2, 0.25) is 5.02 Å². The molecule has 0 atom stereocenters. The first-order chi connectivity index (χ1) is 9.95. The first kappa shape index (κ1) is 14.4. The van der Waals surface area contributed by atoms with Gasteiger partial charge in [-0.2, -0.15) is 18.3 Å². The Bertz CT molecular complexity index is 647. The van der Waals surface area contributed by atoms with Gasteiger partial charge < -0.3 is 5.32 Å². The molecule has 7 heteroatoms. The SMILES string of the molecule is FC(F)(F)c1cnn(-c2cccc(Cl)c2CNC2CC2)c1. The molecular formula is C14H13ClF3N3. The van der Waals surface area contributed by atoms with Crippen molar-refractivity contribution >= 4 is 11.6 Å². The Balaban J connectivity index is 1.93. The molecule has 1 aromatic heterocycles. The summed E-state index contributed by atoms with van der Waals surface area (Å²) in [6, 6.07) is 5.62. The van der Waals surface area contributed by atoms with Crippen molar-refractivity contribution in [2.75, 3.05) is 0 Å². The number of nitrogens with one attached hydrogen (secondary N) is 1. The van der Waals surface area contributed by atoms with Crippen molar-refractivity contribution in [2.45, 2.75) is 31.6 Å². The van der Waals surface area contributed by atoms with E-state index in [0.717, 1.165) is 30.8 Å². The zero-order valence-electron chi connectivity index (χ0n) is 11.0. The van der Waals surface area contributed by atoms with E-state index in [2.05, 4.69) is 10.4 Å². The number of hydrogen-bond acceptors (Lipinski definition) is 2. The minimum atomic E-state index is -4.40. The van der Waals surface area contributed by atoms with E-state index in [1.807, 2.05) is 0 Å². The van der Waals surface area contributed by atoms with Gasteiger partial charge in [0.2, 0.25) is 0 Å². The van der Waals surface area contributed by atoms with Gasteiger partial charge in [0, 0.05) is 29.4 Å². The van der Waals surface area contributed by atoms with Crippen LogP contribution >= 0.6 is 11.6 Å². The minimum Gasteiger partial charge on any atom is -0.310 e. The van der Waals surface area contributed by atoms with Crippen LogP contribution in [-0.2, 0) is 12.7 Å². The average Bonchev–Trinajstić information content (AvgIpc) is 3.10. The zero-order valence-corrected chi connectivity index (χ0v) is 11.7. The molecule has 21 heavy (non-hydrogen) atoms. The smallest absolute Gasteiger partial charge is 0.310 e. The van der Waals surface area contributed by atoms with E-state index in [0.29, 0.717) is 23.3 Å². The van der Waals surface area contributed by atoms with Crippen molar-refractivity contribution in [1.82, 2.24) is 15.1 Å². The summed E-state index contributed by atoms with van der Waals surface area (Å²) in [5, 5.41) is 7.64. The molecule has 0 aliphatic heterocycles. The van der Waals surface area contributed by atoms with Crippen LogP contribution in [0.1, 0.15) is 24.0 Å². The molecule has 3 rings (SSSR count). The maximum Gasteiger partial charge on any atom is 0.419 e. The lowest BCUT2D eigenvalue weighted by Gasteiger charge is -2.12. The first-order valence-electron chi connectivity index (χ1n) is 6.58. The van der Waals surface area contributed by atoms with Crippen LogP contribution in [-0.4, -0.2) is 15.8 Å². The summed E-state index contributed by atoms with van der Waals surface area (Å²) in [6.45, 7) is 0.515. The minimum absolute atomic E-state index is 0.484. The number of nitrogens with zero attached hydrogens (tertiary/aromatic N) is 2. The van der Waals surface area contributed by atoms with Crippen molar-refractivity contribution < 1.29 is 13.2 Å². The van der Waals surface area contributed by atoms with E-state index in [-0.39, 0.29) is 0 Å². The van der Waals surface area contributed by atoms with Crippen molar-refractivity contribution in [1.29, 1.82) is 0 Å². The van der Waals surface area contributed by atoms with Crippen LogP contribution < -0.4 is 5.32 Å². The van der Waals surface area contributed by atoms with Crippen molar-refractivity contribution in [2.24, 2.45) is 0 Å². The summed E-state index contributed by atoms with van der Waals surface area (Å²) in [7, 11) is 0. The number of rotatable bonds is 4. The van der Waals surface area contributed by atoms with E-state index >= 15 is 0 Å². The summed E-state index contributed by atoms with van der Waals surface area (Å²) in [5.74, 6) is 0. The maximum atomic E-state index is 12.7. The third kappa shape index (κ3) is 3.22. The molecule has 0 saturated heterocycles. The Morgan fingerprint density at radius 3 is 2.71 bits per heavy atom. The molecule has 1 fully saturated rings. The molecular weight excluding hydrogens is 303 g/mol. The van der Waals surface area contributed by atoms with E-state index in [1.54, 1.807) is 18.2 Å². The molecule has 0 unspecified atom stereocenters. The van der Waals surface area contributed by atoms with Gasteiger partial charge in [0.25, 0.3) is 0 Å². The lowest BCUT2D eigenvalue weighted by atomic mass is 10.1. The van der Waals surface area contributed by atoms with Gasteiger partial charge in [0.1, 0.15) is 0 Å². The summed E-state index contributed by atoms with van der Waals surface area (Å²) in [4.78, 5) is 0. The number of halogens is 4. The molecule has 112 valence electrons. The quantitative estimate of drug-likeness (QED) is 0.930. The molecule has 3 nitrogen and oxygen atoms in total. The summed E-state index contributed by atoms with van der Waals surface area (Å²) >= 11 is 6.18. The topological polar surface area (TPSA) is 29.9 Å². The zero-order chi connectivity index (χ0) is 15.0. The molecule has 0 bridgehead atoms. The molecule has 0 amide bonds. The molecule has 1 aromatic carbocycles. The second-order valence-corrected chi connectivity index (χ2v) is 5.47. The monoisotopic (exact) mass is 315 g/mol. The highest BCUT2D eigenvalue weighted by Crippen LogP contribution is 2.31. The predicted octanol–water partition coefficient (Wildman–Crippen LogP) is 3.80. The molecule has 2 aromatic rings. The molecule has 1 heterocycles. The van der Waals surface area contributed by atoms with Crippen LogP contribution in [0.3, 0.4) is 0 Å². The normalized spacial score (nSPS) is 15.4. The van der Waals surface area contributed by atoms with Gasteiger partial charge in [-0.25, -0.2) is 4.68 Å². The van der Waals surface area contributed by atoms with Crippen LogP contribution in [0.25, 0.3) is 5.69 Å². The summed E-state index contributed by atoms with van der Waals surface area (Å²) in [5.41, 5.74) is 0.539. The van der Waals surface area contributed by atoms with E-state index in [1.165, 1.54) is 4.68 Å².